The van der Waals surface area contributed by atoms with Gasteiger partial charge in [-0.05, 0) is 61.1 Å². The molecule has 5 rings (SSSR count). The van der Waals surface area contributed by atoms with Gasteiger partial charge in [0.2, 0.25) is 11.8 Å². The molecule has 0 radical (unpaired) electrons. The Morgan fingerprint density at radius 1 is 1.16 bits per heavy atom. The SMILES string of the molecule is C[C@@H](C=O)NC(=O)[C@@H]1[C@@H]2[C@H](CN1C(=O)[C@@H](NC(=O)c1cc3c(F)cccc3[nH]1)C1CCCCC1)C2(C)C. The topological polar surface area (TPSA) is 111 Å². The third-order valence-corrected chi connectivity index (χ3v) is 8.86. The number of carbonyl (C=O) groups excluding carboxylic acids is 4. The van der Waals surface area contributed by atoms with E-state index in [1.807, 2.05) is 0 Å². The lowest BCUT2D eigenvalue weighted by Crippen LogP contribution is -2.58. The molecule has 1 saturated heterocycles. The van der Waals surface area contributed by atoms with E-state index in [0.717, 1.165) is 32.1 Å². The molecule has 5 atom stereocenters. The number of amides is 3. The third-order valence-electron chi connectivity index (χ3n) is 8.86. The normalized spacial score (nSPS) is 26.3. The minimum absolute atomic E-state index is 0.00897. The highest BCUT2D eigenvalue weighted by Gasteiger charge is 2.69. The average Bonchev–Trinajstić information content (AvgIpc) is 3.27. The molecule has 1 aromatic heterocycles. The molecule has 2 aromatic rings. The molecule has 2 aliphatic carbocycles. The molecule has 9 heteroatoms. The van der Waals surface area contributed by atoms with E-state index >= 15 is 0 Å². The first-order valence-corrected chi connectivity index (χ1v) is 13.3. The van der Waals surface area contributed by atoms with Crippen LogP contribution in [0.1, 0.15) is 63.4 Å². The fraction of sp³-hybridized carbons (Fsp3) is 0.571. The molecule has 198 valence electrons. The summed E-state index contributed by atoms with van der Waals surface area (Å²) in [6.45, 7) is 6.25. The van der Waals surface area contributed by atoms with Gasteiger partial charge in [-0.3, -0.25) is 14.4 Å². The van der Waals surface area contributed by atoms with Gasteiger partial charge < -0.3 is 25.3 Å². The number of aldehydes is 1. The maximum absolute atomic E-state index is 14.2. The smallest absolute Gasteiger partial charge is 0.268 e. The molecule has 1 aromatic carbocycles. The standard InChI is InChI=1S/C28H35FN4O4/c1-15(14-34)30-26(36)24-22-18(28(22,2)3)13-33(24)27(37)23(16-8-5-4-6-9-16)32-25(35)21-12-17-19(29)10-7-11-20(17)31-21/h7,10-12,14-16,18,22-24,31H,4-6,8-9,13H2,1-3H3,(H,30,36)(H,32,35)/t15-,18-,22-,23-,24-/m0/s1. The summed E-state index contributed by atoms with van der Waals surface area (Å²) >= 11 is 0. The van der Waals surface area contributed by atoms with Gasteiger partial charge in [0.25, 0.3) is 5.91 Å². The largest absolute Gasteiger partial charge is 0.350 e. The second-order valence-corrected chi connectivity index (χ2v) is 11.6. The summed E-state index contributed by atoms with van der Waals surface area (Å²) in [5.41, 5.74) is 0.628. The van der Waals surface area contributed by atoms with E-state index in [2.05, 4.69) is 29.5 Å². The van der Waals surface area contributed by atoms with Gasteiger partial charge in [0.05, 0.1) is 6.04 Å². The third kappa shape index (κ3) is 4.53. The van der Waals surface area contributed by atoms with Crippen molar-refractivity contribution in [3.63, 3.8) is 0 Å². The molecule has 3 N–H and O–H groups in total. The molecule has 0 bridgehead atoms. The molecule has 3 aliphatic rings. The molecule has 2 saturated carbocycles. The number of halogens is 1. The van der Waals surface area contributed by atoms with Crippen LogP contribution in [0, 0.1) is 29.0 Å². The van der Waals surface area contributed by atoms with Gasteiger partial charge in [0, 0.05) is 17.4 Å². The zero-order valence-corrected chi connectivity index (χ0v) is 21.6. The summed E-state index contributed by atoms with van der Waals surface area (Å²) in [5.74, 6) is -1.33. The highest BCUT2D eigenvalue weighted by Crippen LogP contribution is 2.65. The summed E-state index contributed by atoms with van der Waals surface area (Å²) in [7, 11) is 0. The first-order chi connectivity index (χ1) is 17.6. The van der Waals surface area contributed by atoms with Crippen molar-refractivity contribution in [1.82, 2.24) is 20.5 Å². The van der Waals surface area contributed by atoms with E-state index in [-0.39, 0.29) is 40.7 Å². The van der Waals surface area contributed by atoms with Gasteiger partial charge in [-0.15, -0.1) is 0 Å². The molecular weight excluding hydrogens is 475 g/mol. The van der Waals surface area contributed by atoms with Gasteiger partial charge in [-0.25, -0.2) is 4.39 Å². The van der Waals surface area contributed by atoms with Gasteiger partial charge in [-0.2, -0.15) is 0 Å². The van der Waals surface area contributed by atoms with E-state index in [9.17, 15) is 23.6 Å². The Bertz CT molecular complexity index is 1230. The Kier molecular flexibility index (Phi) is 6.58. The minimum atomic E-state index is -0.788. The fourth-order valence-corrected chi connectivity index (χ4v) is 6.64. The molecule has 0 unspecified atom stereocenters. The summed E-state index contributed by atoms with van der Waals surface area (Å²) in [4.78, 5) is 56.4. The van der Waals surface area contributed by atoms with Gasteiger partial charge in [-0.1, -0.05) is 39.2 Å². The van der Waals surface area contributed by atoms with Crippen LogP contribution < -0.4 is 10.6 Å². The average molecular weight is 511 g/mol. The Hall–Kier alpha value is -3.23. The van der Waals surface area contributed by atoms with Crippen LogP contribution in [-0.2, 0) is 14.4 Å². The second kappa shape index (κ2) is 9.58. The predicted octanol–water partition coefficient (Wildman–Crippen LogP) is 3.17. The van der Waals surface area contributed by atoms with E-state index in [1.165, 1.54) is 12.1 Å². The Balaban J connectivity index is 1.41. The van der Waals surface area contributed by atoms with E-state index in [4.69, 9.17) is 0 Å². The first-order valence-electron chi connectivity index (χ1n) is 13.3. The molecule has 0 spiro atoms. The van der Waals surface area contributed by atoms with Crippen LogP contribution in [0.25, 0.3) is 10.9 Å². The molecule has 3 amide bonds. The summed E-state index contributed by atoms with van der Waals surface area (Å²) in [6.07, 6.45) is 5.32. The Labute approximate surface area is 215 Å². The van der Waals surface area contributed by atoms with Crippen molar-refractivity contribution >= 4 is 34.9 Å². The first kappa shape index (κ1) is 25.4. The number of nitrogens with zero attached hydrogens (tertiary/aromatic N) is 1. The highest BCUT2D eigenvalue weighted by molar-refractivity contribution is 6.01. The molecule has 2 heterocycles. The zero-order chi connectivity index (χ0) is 26.5. The number of hydrogen-bond acceptors (Lipinski definition) is 4. The Morgan fingerprint density at radius 3 is 2.57 bits per heavy atom. The van der Waals surface area contributed by atoms with Gasteiger partial charge in [0.15, 0.2) is 0 Å². The second-order valence-electron chi connectivity index (χ2n) is 11.6. The number of benzene rings is 1. The number of aromatic nitrogens is 1. The van der Waals surface area contributed by atoms with Crippen LogP contribution in [0.5, 0.6) is 0 Å². The van der Waals surface area contributed by atoms with Crippen LogP contribution in [0.2, 0.25) is 0 Å². The van der Waals surface area contributed by atoms with Crippen LogP contribution in [-0.4, -0.2) is 58.6 Å². The van der Waals surface area contributed by atoms with Crippen molar-refractivity contribution in [2.75, 3.05) is 6.54 Å². The van der Waals surface area contributed by atoms with Crippen molar-refractivity contribution in [1.29, 1.82) is 0 Å². The maximum Gasteiger partial charge on any atom is 0.268 e. The molecule has 8 nitrogen and oxygen atoms in total. The van der Waals surface area contributed by atoms with Crippen LogP contribution in [0.4, 0.5) is 4.39 Å². The van der Waals surface area contributed by atoms with E-state index < -0.39 is 29.8 Å². The lowest BCUT2D eigenvalue weighted by atomic mass is 9.83. The van der Waals surface area contributed by atoms with Crippen molar-refractivity contribution in [2.45, 2.75) is 71.0 Å². The number of aromatic amines is 1. The quantitative estimate of drug-likeness (QED) is 0.497. The number of H-pyrrole nitrogens is 1. The molecular formula is C28H35FN4O4. The summed E-state index contributed by atoms with van der Waals surface area (Å²) < 4.78 is 14.2. The van der Waals surface area contributed by atoms with Crippen molar-refractivity contribution in [3.8, 4) is 0 Å². The number of hydrogen-bond donors (Lipinski definition) is 3. The van der Waals surface area contributed by atoms with Crippen molar-refractivity contribution < 1.29 is 23.6 Å². The Morgan fingerprint density at radius 2 is 1.89 bits per heavy atom. The van der Waals surface area contributed by atoms with Crippen molar-refractivity contribution in [3.05, 3.63) is 35.8 Å². The van der Waals surface area contributed by atoms with Gasteiger partial charge >= 0.3 is 0 Å². The molecule has 37 heavy (non-hydrogen) atoms. The molecule has 3 fully saturated rings. The maximum atomic E-state index is 14.2. The van der Waals surface area contributed by atoms with Crippen LogP contribution in [0.3, 0.4) is 0 Å². The molecule has 1 aliphatic heterocycles. The van der Waals surface area contributed by atoms with Gasteiger partial charge in [0.1, 0.15) is 29.9 Å². The number of fused-ring (bicyclic) bond motifs is 2. The number of rotatable bonds is 7. The minimum Gasteiger partial charge on any atom is -0.350 e. The fourth-order valence-electron chi connectivity index (χ4n) is 6.64. The van der Waals surface area contributed by atoms with Crippen LogP contribution >= 0.6 is 0 Å². The number of nitrogens with one attached hydrogen (secondary N) is 3. The lowest BCUT2D eigenvalue weighted by molar-refractivity contribution is -0.143. The predicted molar refractivity (Wildman–Crippen MR) is 136 cm³/mol. The van der Waals surface area contributed by atoms with E-state index in [0.29, 0.717) is 23.7 Å². The van der Waals surface area contributed by atoms with Crippen LogP contribution in [0.15, 0.2) is 24.3 Å². The lowest BCUT2D eigenvalue weighted by Gasteiger charge is -2.37. The van der Waals surface area contributed by atoms with Crippen molar-refractivity contribution in [2.24, 2.45) is 23.2 Å². The van der Waals surface area contributed by atoms with E-state index in [1.54, 1.807) is 24.0 Å². The number of likely N-dealkylation sites (tertiary alicyclic amines) is 1. The summed E-state index contributed by atoms with van der Waals surface area (Å²) in [5, 5.41) is 5.99. The monoisotopic (exact) mass is 510 g/mol. The number of carbonyl (C=O) groups is 4. The summed E-state index contributed by atoms with van der Waals surface area (Å²) in [6, 6.07) is 3.95. The zero-order valence-electron chi connectivity index (χ0n) is 21.6. The highest BCUT2D eigenvalue weighted by atomic mass is 19.1. The number of piperidine rings is 1.